The lowest BCUT2D eigenvalue weighted by molar-refractivity contribution is -0.120. The predicted octanol–water partition coefficient (Wildman–Crippen LogP) is 0.919. The second-order valence-corrected chi connectivity index (χ2v) is 4.84. The number of H-pyrrole nitrogens is 1. The Balaban J connectivity index is 2.30. The fraction of sp³-hybridized carbons (Fsp3) is 0.583. The zero-order valence-corrected chi connectivity index (χ0v) is 10.3. The topological polar surface area (TPSA) is 56.9 Å². The Labute approximate surface area is 96.8 Å². The first-order valence-electron chi connectivity index (χ1n) is 5.57. The van der Waals surface area contributed by atoms with Gasteiger partial charge in [-0.1, -0.05) is 13.8 Å². The lowest BCUT2D eigenvalue weighted by Crippen LogP contribution is -2.39. The van der Waals surface area contributed by atoms with E-state index in [2.05, 4.69) is 29.5 Å². The highest BCUT2D eigenvalue weighted by molar-refractivity contribution is 5.78. The summed E-state index contributed by atoms with van der Waals surface area (Å²) in [5.74, 6) is 0.0617. The van der Waals surface area contributed by atoms with Gasteiger partial charge in [0.05, 0.1) is 6.42 Å². The first kappa shape index (κ1) is 12.8. The first-order valence-corrected chi connectivity index (χ1v) is 5.57. The van der Waals surface area contributed by atoms with Crippen LogP contribution in [0, 0.1) is 5.41 Å². The maximum absolute atomic E-state index is 11.6. The van der Waals surface area contributed by atoms with Crippen molar-refractivity contribution in [2.45, 2.75) is 20.3 Å². The molecule has 1 heterocycles. The van der Waals surface area contributed by atoms with Gasteiger partial charge >= 0.3 is 0 Å². The van der Waals surface area contributed by atoms with Crippen molar-refractivity contribution in [3.8, 4) is 0 Å². The van der Waals surface area contributed by atoms with Gasteiger partial charge in [-0.15, -0.1) is 0 Å². The van der Waals surface area contributed by atoms with Crippen LogP contribution in [-0.2, 0) is 11.2 Å². The summed E-state index contributed by atoms with van der Waals surface area (Å²) in [5, 5.41) is 6.07. The van der Waals surface area contributed by atoms with E-state index < -0.39 is 0 Å². The van der Waals surface area contributed by atoms with Gasteiger partial charge in [-0.05, 0) is 24.6 Å². The number of rotatable bonds is 6. The summed E-state index contributed by atoms with van der Waals surface area (Å²) in [6, 6.07) is 3.81. The fourth-order valence-electron chi connectivity index (χ4n) is 1.59. The van der Waals surface area contributed by atoms with Crippen LogP contribution < -0.4 is 10.6 Å². The lowest BCUT2D eigenvalue weighted by atomic mass is 9.93. The second-order valence-electron chi connectivity index (χ2n) is 4.84. The van der Waals surface area contributed by atoms with E-state index in [1.807, 2.05) is 25.4 Å². The molecule has 1 amide bonds. The minimum atomic E-state index is 0.0617. The van der Waals surface area contributed by atoms with Crippen LogP contribution in [0.2, 0.25) is 0 Å². The molecule has 0 atom stereocenters. The monoisotopic (exact) mass is 223 g/mol. The van der Waals surface area contributed by atoms with Crippen molar-refractivity contribution in [3.63, 3.8) is 0 Å². The van der Waals surface area contributed by atoms with Crippen molar-refractivity contribution in [1.29, 1.82) is 0 Å². The first-order chi connectivity index (χ1) is 7.53. The van der Waals surface area contributed by atoms with Crippen LogP contribution in [0.1, 0.15) is 19.5 Å². The van der Waals surface area contributed by atoms with Gasteiger partial charge in [0.15, 0.2) is 0 Å². The highest BCUT2D eigenvalue weighted by atomic mass is 16.1. The standard InChI is InChI=1S/C12H21N3O/c1-12(2,8-13-3)9-15-11(16)7-10-5-4-6-14-10/h4-6,13-14H,7-9H2,1-3H3,(H,15,16). The van der Waals surface area contributed by atoms with Crippen molar-refractivity contribution >= 4 is 5.91 Å². The zero-order valence-electron chi connectivity index (χ0n) is 10.3. The number of nitrogens with one attached hydrogen (secondary N) is 3. The van der Waals surface area contributed by atoms with E-state index in [1.165, 1.54) is 0 Å². The smallest absolute Gasteiger partial charge is 0.225 e. The molecule has 16 heavy (non-hydrogen) atoms. The summed E-state index contributed by atoms with van der Waals surface area (Å²) in [7, 11) is 1.92. The third-order valence-electron chi connectivity index (χ3n) is 2.43. The number of amides is 1. The molecule has 4 heteroatoms. The summed E-state index contributed by atoms with van der Waals surface area (Å²) in [6.07, 6.45) is 2.25. The maximum atomic E-state index is 11.6. The van der Waals surface area contributed by atoms with Gasteiger partial charge in [0.25, 0.3) is 0 Å². The molecule has 90 valence electrons. The Kier molecular flexibility index (Phi) is 4.55. The average molecular weight is 223 g/mol. The molecule has 0 saturated heterocycles. The van der Waals surface area contributed by atoms with Gasteiger partial charge in [-0.3, -0.25) is 4.79 Å². The van der Waals surface area contributed by atoms with E-state index in [0.29, 0.717) is 13.0 Å². The third-order valence-corrected chi connectivity index (χ3v) is 2.43. The van der Waals surface area contributed by atoms with Gasteiger partial charge < -0.3 is 15.6 Å². The lowest BCUT2D eigenvalue weighted by Gasteiger charge is -2.24. The van der Waals surface area contributed by atoms with Crippen molar-refractivity contribution in [3.05, 3.63) is 24.0 Å². The summed E-state index contributed by atoms with van der Waals surface area (Å²) >= 11 is 0. The van der Waals surface area contributed by atoms with Crippen LogP contribution in [0.3, 0.4) is 0 Å². The third kappa shape index (κ3) is 4.49. The van der Waals surface area contributed by atoms with E-state index in [-0.39, 0.29) is 11.3 Å². The summed E-state index contributed by atoms with van der Waals surface area (Å²) in [5.41, 5.74) is 1.03. The van der Waals surface area contributed by atoms with Gasteiger partial charge in [0.2, 0.25) is 5.91 Å². The Hall–Kier alpha value is -1.29. The molecule has 0 fully saturated rings. The molecule has 0 aliphatic carbocycles. The SMILES string of the molecule is CNCC(C)(C)CNC(=O)Cc1ccc[nH]1. The predicted molar refractivity (Wildman–Crippen MR) is 65.2 cm³/mol. The van der Waals surface area contributed by atoms with E-state index in [4.69, 9.17) is 0 Å². The minimum absolute atomic E-state index is 0.0617. The maximum Gasteiger partial charge on any atom is 0.225 e. The van der Waals surface area contributed by atoms with Crippen LogP contribution in [0.5, 0.6) is 0 Å². The van der Waals surface area contributed by atoms with Gasteiger partial charge in [-0.25, -0.2) is 0 Å². The number of carbonyl (C=O) groups is 1. The molecule has 0 radical (unpaired) electrons. The molecule has 4 nitrogen and oxygen atoms in total. The average Bonchev–Trinajstić information content (AvgIpc) is 2.68. The van der Waals surface area contributed by atoms with Crippen molar-refractivity contribution < 1.29 is 4.79 Å². The molecule has 1 aromatic rings. The van der Waals surface area contributed by atoms with Crippen LogP contribution in [0.4, 0.5) is 0 Å². The highest BCUT2D eigenvalue weighted by Gasteiger charge is 2.17. The van der Waals surface area contributed by atoms with E-state index in [9.17, 15) is 4.79 Å². The number of aromatic amines is 1. The number of hydrogen-bond donors (Lipinski definition) is 3. The highest BCUT2D eigenvalue weighted by Crippen LogP contribution is 2.11. The second kappa shape index (κ2) is 5.70. The van der Waals surface area contributed by atoms with Gasteiger partial charge in [0, 0.05) is 25.0 Å². The number of aromatic nitrogens is 1. The molecule has 0 unspecified atom stereocenters. The molecule has 1 rings (SSSR count). The Morgan fingerprint density at radius 2 is 2.19 bits per heavy atom. The Bertz CT molecular complexity index is 317. The number of hydrogen-bond acceptors (Lipinski definition) is 2. The Morgan fingerprint density at radius 1 is 1.44 bits per heavy atom. The van der Waals surface area contributed by atoms with Crippen LogP contribution >= 0.6 is 0 Å². The van der Waals surface area contributed by atoms with Crippen LogP contribution in [0.25, 0.3) is 0 Å². The van der Waals surface area contributed by atoms with Crippen molar-refractivity contribution in [2.75, 3.05) is 20.1 Å². The van der Waals surface area contributed by atoms with E-state index in [0.717, 1.165) is 12.2 Å². The molecule has 0 aliphatic heterocycles. The molecule has 0 saturated carbocycles. The molecule has 0 spiro atoms. The van der Waals surface area contributed by atoms with Gasteiger partial charge in [0.1, 0.15) is 0 Å². The fourth-order valence-corrected chi connectivity index (χ4v) is 1.59. The van der Waals surface area contributed by atoms with E-state index >= 15 is 0 Å². The molecule has 3 N–H and O–H groups in total. The summed E-state index contributed by atoms with van der Waals surface area (Å²) in [4.78, 5) is 14.6. The van der Waals surface area contributed by atoms with Crippen molar-refractivity contribution in [2.24, 2.45) is 5.41 Å². The summed E-state index contributed by atoms with van der Waals surface area (Å²) in [6.45, 7) is 5.82. The number of carbonyl (C=O) groups excluding carboxylic acids is 1. The summed E-state index contributed by atoms with van der Waals surface area (Å²) < 4.78 is 0. The molecule has 0 aromatic carbocycles. The molecule has 0 bridgehead atoms. The largest absolute Gasteiger partial charge is 0.365 e. The van der Waals surface area contributed by atoms with Crippen LogP contribution in [0.15, 0.2) is 18.3 Å². The van der Waals surface area contributed by atoms with Gasteiger partial charge in [-0.2, -0.15) is 0 Å². The van der Waals surface area contributed by atoms with E-state index in [1.54, 1.807) is 0 Å². The zero-order chi connectivity index (χ0) is 12.0. The molecular formula is C12H21N3O. The Morgan fingerprint density at radius 3 is 2.75 bits per heavy atom. The quantitative estimate of drug-likeness (QED) is 0.671. The molecule has 0 aliphatic rings. The molecular weight excluding hydrogens is 202 g/mol. The minimum Gasteiger partial charge on any atom is -0.365 e. The van der Waals surface area contributed by atoms with Crippen molar-refractivity contribution in [1.82, 2.24) is 15.6 Å². The normalized spacial score (nSPS) is 11.4. The molecule has 1 aromatic heterocycles. The van der Waals surface area contributed by atoms with Crippen LogP contribution in [-0.4, -0.2) is 31.0 Å².